The Morgan fingerprint density at radius 1 is 1.12 bits per heavy atom. The van der Waals surface area contributed by atoms with E-state index in [1.54, 1.807) is 12.1 Å². The molecule has 0 saturated heterocycles. The van der Waals surface area contributed by atoms with Crippen LogP contribution in [0.15, 0.2) is 48.5 Å². The molecule has 2 rings (SSSR count). The lowest BCUT2D eigenvalue weighted by Gasteiger charge is -2.14. The molecule has 0 fully saturated rings. The second-order valence-electron chi connectivity index (χ2n) is 5.51. The number of hydrogen-bond acceptors (Lipinski definition) is 4. The van der Waals surface area contributed by atoms with Gasteiger partial charge in [0.05, 0.1) is 17.3 Å². The van der Waals surface area contributed by atoms with E-state index in [0.717, 1.165) is 5.75 Å². The molecule has 2 aromatic rings. The van der Waals surface area contributed by atoms with E-state index in [1.165, 1.54) is 13.0 Å². The second-order valence-corrected chi connectivity index (χ2v) is 6.35. The zero-order valence-electron chi connectivity index (χ0n) is 14.2. The van der Waals surface area contributed by atoms with Crippen molar-refractivity contribution in [1.82, 2.24) is 0 Å². The molecule has 0 aliphatic carbocycles. The van der Waals surface area contributed by atoms with Crippen LogP contribution in [-0.4, -0.2) is 24.6 Å². The molecule has 0 saturated carbocycles. The molecule has 2 aromatic carbocycles. The fourth-order valence-corrected chi connectivity index (χ4v) is 2.40. The number of carbonyl (C=O) groups excluding carboxylic acids is 2. The summed E-state index contributed by atoms with van der Waals surface area (Å²) in [6.45, 7) is 1.88. The molecule has 1 N–H and O–H groups in total. The average Bonchev–Trinajstić information content (AvgIpc) is 2.62. The topological polar surface area (TPSA) is 64.6 Å². The van der Waals surface area contributed by atoms with Crippen molar-refractivity contribution in [3.05, 3.63) is 58.6 Å². The molecule has 138 valence electrons. The summed E-state index contributed by atoms with van der Waals surface area (Å²) in [5.74, 6) is -0.212. The van der Waals surface area contributed by atoms with Crippen molar-refractivity contribution in [2.45, 2.75) is 25.9 Å². The highest BCUT2D eigenvalue weighted by molar-refractivity contribution is 6.35. The van der Waals surface area contributed by atoms with Crippen LogP contribution in [0.4, 0.5) is 5.69 Å². The third kappa shape index (κ3) is 6.58. The molecule has 5 nitrogen and oxygen atoms in total. The number of halogens is 2. The Kier molecular flexibility index (Phi) is 7.75. The predicted octanol–water partition coefficient (Wildman–Crippen LogP) is 4.72. The van der Waals surface area contributed by atoms with Gasteiger partial charge in [-0.05, 0) is 43.7 Å². The van der Waals surface area contributed by atoms with Crippen LogP contribution < -0.4 is 10.1 Å². The van der Waals surface area contributed by atoms with Crippen molar-refractivity contribution in [2.75, 3.05) is 11.9 Å². The smallest absolute Gasteiger partial charge is 0.306 e. The molecule has 0 aromatic heterocycles. The predicted molar refractivity (Wildman–Crippen MR) is 102 cm³/mol. The molecule has 0 heterocycles. The summed E-state index contributed by atoms with van der Waals surface area (Å²) in [7, 11) is 0. The highest BCUT2D eigenvalue weighted by Gasteiger charge is 2.18. The summed E-state index contributed by atoms with van der Waals surface area (Å²) in [6.07, 6.45) is -0.308. The number of carbonyl (C=O) groups is 2. The zero-order chi connectivity index (χ0) is 18.9. The monoisotopic (exact) mass is 395 g/mol. The van der Waals surface area contributed by atoms with Crippen LogP contribution in [0.2, 0.25) is 10.0 Å². The number of ether oxygens (including phenoxy) is 2. The van der Waals surface area contributed by atoms with Crippen LogP contribution >= 0.6 is 23.2 Å². The Morgan fingerprint density at radius 2 is 1.85 bits per heavy atom. The largest absolute Gasteiger partial charge is 0.494 e. The van der Waals surface area contributed by atoms with Crippen molar-refractivity contribution in [1.29, 1.82) is 0 Å². The van der Waals surface area contributed by atoms with Crippen LogP contribution in [0.3, 0.4) is 0 Å². The normalized spacial score (nSPS) is 11.5. The fourth-order valence-electron chi connectivity index (χ4n) is 2.06. The zero-order valence-corrected chi connectivity index (χ0v) is 15.7. The molecule has 1 atom stereocenters. The molecule has 7 heteroatoms. The maximum absolute atomic E-state index is 12.1. The van der Waals surface area contributed by atoms with Gasteiger partial charge in [-0.3, -0.25) is 9.59 Å². The van der Waals surface area contributed by atoms with Crippen LogP contribution in [-0.2, 0) is 14.3 Å². The Labute approximate surface area is 162 Å². The standard InChI is InChI=1S/C19H19Cl2NO4/c1-13(19(24)22-17-12-14(20)9-10-16(17)21)26-18(23)8-5-11-25-15-6-3-2-4-7-15/h2-4,6-7,9-10,12-13H,5,8,11H2,1H3,(H,22,24). The molecule has 0 spiro atoms. The molecule has 0 bridgehead atoms. The van der Waals surface area contributed by atoms with Gasteiger partial charge in [0.25, 0.3) is 5.91 Å². The summed E-state index contributed by atoms with van der Waals surface area (Å²) in [4.78, 5) is 23.9. The summed E-state index contributed by atoms with van der Waals surface area (Å²) in [5.41, 5.74) is 0.364. The lowest BCUT2D eigenvalue weighted by molar-refractivity contribution is -0.153. The Bertz CT molecular complexity index is 752. The number of esters is 1. The van der Waals surface area contributed by atoms with Gasteiger partial charge < -0.3 is 14.8 Å². The second kappa shape index (κ2) is 10.0. The number of para-hydroxylation sites is 1. The lowest BCUT2D eigenvalue weighted by Crippen LogP contribution is -2.30. The van der Waals surface area contributed by atoms with Gasteiger partial charge in [-0.1, -0.05) is 41.4 Å². The highest BCUT2D eigenvalue weighted by Crippen LogP contribution is 2.25. The number of benzene rings is 2. The fraction of sp³-hybridized carbons (Fsp3) is 0.263. The van der Waals surface area contributed by atoms with Crippen LogP contribution in [0, 0.1) is 0 Å². The van der Waals surface area contributed by atoms with Crippen LogP contribution in [0.25, 0.3) is 0 Å². The van der Waals surface area contributed by atoms with E-state index in [2.05, 4.69) is 5.32 Å². The van der Waals surface area contributed by atoms with Gasteiger partial charge in [-0.15, -0.1) is 0 Å². The molecule has 0 radical (unpaired) electrons. The van der Waals surface area contributed by atoms with E-state index < -0.39 is 18.0 Å². The van der Waals surface area contributed by atoms with Gasteiger partial charge in [0.15, 0.2) is 6.10 Å². The maximum Gasteiger partial charge on any atom is 0.306 e. The summed E-state index contributed by atoms with van der Waals surface area (Å²) in [5, 5.41) is 3.37. The third-order valence-electron chi connectivity index (χ3n) is 3.40. The number of amides is 1. The van der Waals surface area contributed by atoms with Gasteiger partial charge >= 0.3 is 5.97 Å². The Morgan fingerprint density at radius 3 is 2.58 bits per heavy atom. The van der Waals surface area contributed by atoms with Crippen molar-refractivity contribution in [3.8, 4) is 5.75 Å². The van der Waals surface area contributed by atoms with Gasteiger partial charge in [-0.25, -0.2) is 0 Å². The Balaban J connectivity index is 1.72. The molecular formula is C19H19Cl2NO4. The third-order valence-corrected chi connectivity index (χ3v) is 3.97. The summed E-state index contributed by atoms with van der Waals surface area (Å²) in [6, 6.07) is 14.0. The van der Waals surface area contributed by atoms with Crippen molar-refractivity contribution in [3.63, 3.8) is 0 Å². The minimum atomic E-state index is -0.951. The lowest BCUT2D eigenvalue weighted by atomic mass is 10.3. The average molecular weight is 396 g/mol. The first-order chi connectivity index (χ1) is 12.5. The first kappa shape index (κ1) is 20.1. The van der Waals surface area contributed by atoms with Gasteiger partial charge in [-0.2, -0.15) is 0 Å². The molecule has 0 aliphatic heterocycles. The summed E-state index contributed by atoms with van der Waals surface area (Å²) >= 11 is 11.9. The molecule has 1 unspecified atom stereocenters. The SMILES string of the molecule is CC(OC(=O)CCCOc1ccccc1)C(=O)Nc1cc(Cl)ccc1Cl. The van der Waals surface area contributed by atoms with Crippen LogP contribution in [0.5, 0.6) is 5.75 Å². The number of anilines is 1. The minimum absolute atomic E-state index is 0.155. The number of hydrogen-bond donors (Lipinski definition) is 1. The summed E-state index contributed by atoms with van der Waals surface area (Å²) < 4.78 is 10.6. The first-order valence-corrected chi connectivity index (χ1v) is 8.84. The van der Waals surface area contributed by atoms with E-state index in [0.29, 0.717) is 28.8 Å². The van der Waals surface area contributed by atoms with E-state index in [9.17, 15) is 9.59 Å². The minimum Gasteiger partial charge on any atom is -0.494 e. The van der Waals surface area contributed by atoms with Crippen molar-refractivity contribution >= 4 is 40.8 Å². The quantitative estimate of drug-likeness (QED) is 0.518. The van der Waals surface area contributed by atoms with E-state index in [4.69, 9.17) is 32.7 Å². The van der Waals surface area contributed by atoms with Gasteiger partial charge in [0.1, 0.15) is 5.75 Å². The molecular weight excluding hydrogens is 377 g/mol. The number of rotatable bonds is 8. The van der Waals surface area contributed by atoms with Crippen molar-refractivity contribution < 1.29 is 19.1 Å². The molecule has 26 heavy (non-hydrogen) atoms. The highest BCUT2D eigenvalue weighted by atomic mass is 35.5. The van der Waals surface area contributed by atoms with Gasteiger partial charge in [0.2, 0.25) is 0 Å². The maximum atomic E-state index is 12.1. The van der Waals surface area contributed by atoms with E-state index >= 15 is 0 Å². The van der Waals surface area contributed by atoms with Crippen LogP contribution in [0.1, 0.15) is 19.8 Å². The first-order valence-electron chi connectivity index (χ1n) is 8.09. The van der Waals surface area contributed by atoms with Crippen molar-refractivity contribution in [2.24, 2.45) is 0 Å². The molecule has 0 aliphatic rings. The van der Waals surface area contributed by atoms with E-state index in [1.807, 2.05) is 30.3 Å². The Hall–Kier alpha value is -2.24. The molecule has 1 amide bonds. The van der Waals surface area contributed by atoms with Gasteiger partial charge in [0, 0.05) is 11.4 Å². The number of nitrogens with one attached hydrogen (secondary N) is 1. The van der Waals surface area contributed by atoms with E-state index in [-0.39, 0.29) is 6.42 Å².